The highest BCUT2D eigenvalue weighted by molar-refractivity contribution is 5.95. The molecule has 2 amide bonds. The van der Waals surface area contributed by atoms with E-state index in [1.165, 1.54) is 0 Å². The van der Waals surface area contributed by atoms with E-state index in [4.69, 9.17) is 4.52 Å². The molecule has 5 heterocycles. The number of hydrogen-bond donors (Lipinski definition) is 0. The SMILES string of the molecule is Cc1cc(CN2C(=O)CC3(CCN(C(=O)c4ccncc4)CC3)n3nccc32)no1. The van der Waals surface area contributed by atoms with Gasteiger partial charge in [-0.15, -0.1) is 0 Å². The highest BCUT2D eigenvalue weighted by Crippen LogP contribution is 2.41. The van der Waals surface area contributed by atoms with Crippen LogP contribution in [-0.4, -0.2) is 49.7 Å². The number of carbonyl (C=O) groups excluding carboxylic acids is 2. The van der Waals surface area contributed by atoms with Crippen LogP contribution in [0.2, 0.25) is 0 Å². The van der Waals surface area contributed by atoms with Crippen LogP contribution < -0.4 is 4.90 Å². The van der Waals surface area contributed by atoms with Gasteiger partial charge in [-0.25, -0.2) is 4.68 Å². The molecular formula is C21H22N6O3. The number of anilines is 1. The molecule has 5 rings (SSSR count). The van der Waals surface area contributed by atoms with Crippen molar-refractivity contribution in [2.24, 2.45) is 0 Å². The maximum Gasteiger partial charge on any atom is 0.253 e. The van der Waals surface area contributed by atoms with E-state index in [0.717, 1.165) is 5.82 Å². The second kappa shape index (κ2) is 7.08. The molecule has 0 atom stereocenters. The Morgan fingerprint density at radius 1 is 1.17 bits per heavy atom. The number of nitrogens with zero attached hydrogens (tertiary/aromatic N) is 6. The summed E-state index contributed by atoms with van der Waals surface area (Å²) in [4.78, 5) is 33.4. The molecule has 1 fully saturated rings. The van der Waals surface area contributed by atoms with Gasteiger partial charge in [0.15, 0.2) is 0 Å². The Kier molecular flexibility index (Phi) is 4.38. The minimum absolute atomic E-state index is 0.00176. The molecule has 3 aromatic heterocycles. The molecule has 2 aliphatic heterocycles. The van der Waals surface area contributed by atoms with Crippen molar-refractivity contribution in [3.05, 3.63) is 59.9 Å². The van der Waals surface area contributed by atoms with E-state index in [1.54, 1.807) is 35.6 Å². The Bertz CT molecular complexity index is 1080. The third kappa shape index (κ3) is 3.06. The standard InChI is InChI=1S/C21H22N6O3/c1-15-12-17(24-30-15)14-26-18-4-9-23-27(18)21(13-19(26)28)5-10-25(11-6-21)20(29)16-2-7-22-8-3-16/h2-4,7-9,12H,5-6,10-11,13-14H2,1H3. The molecule has 0 radical (unpaired) electrons. The predicted molar refractivity (Wildman–Crippen MR) is 107 cm³/mol. The zero-order chi connectivity index (χ0) is 20.7. The highest BCUT2D eigenvalue weighted by atomic mass is 16.5. The lowest BCUT2D eigenvalue weighted by Crippen LogP contribution is -2.54. The summed E-state index contributed by atoms with van der Waals surface area (Å²) in [7, 11) is 0. The van der Waals surface area contributed by atoms with Gasteiger partial charge in [-0.3, -0.25) is 19.5 Å². The fraction of sp³-hybridized carbons (Fsp3) is 0.381. The second-order valence-corrected chi connectivity index (χ2v) is 7.94. The lowest BCUT2D eigenvalue weighted by Gasteiger charge is -2.46. The summed E-state index contributed by atoms with van der Waals surface area (Å²) in [6.07, 6.45) is 6.70. The van der Waals surface area contributed by atoms with E-state index in [9.17, 15) is 9.59 Å². The normalized spacial score (nSPS) is 18.0. The fourth-order valence-corrected chi connectivity index (χ4v) is 4.46. The Balaban J connectivity index is 1.36. The monoisotopic (exact) mass is 406 g/mol. The molecule has 9 heteroatoms. The average Bonchev–Trinajstić information content (AvgIpc) is 3.41. The van der Waals surface area contributed by atoms with Crippen molar-refractivity contribution in [3.63, 3.8) is 0 Å². The Morgan fingerprint density at radius 2 is 1.93 bits per heavy atom. The summed E-state index contributed by atoms with van der Waals surface area (Å²) in [6.45, 7) is 3.34. The topological polar surface area (TPSA) is 97.4 Å². The Morgan fingerprint density at radius 3 is 2.63 bits per heavy atom. The first-order chi connectivity index (χ1) is 14.6. The molecule has 1 spiro atoms. The molecule has 0 saturated carbocycles. The first-order valence-electron chi connectivity index (χ1n) is 10.0. The van der Waals surface area contributed by atoms with Crippen LogP contribution in [-0.2, 0) is 16.9 Å². The lowest BCUT2D eigenvalue weighted by atomic mass is 9.82. The summed E-state index contributed by atoms with van der Waals surface area (Å²) in [6, 6.07) is 7.15. The van der Waals surface area contributed by atoms with Crippen LogP contribution in [0.15, 0.2) is 47.4 Å². The fourth-order valence-electron chi connectivity index (χ4n) is 4.46. The average molecular weight is 406 g/mol. The van der Waals surface area contributed by atoms with Crippen LogP contribution >= 0.6 is 0 Å². The van der Waals surface area contributed by atoms with Crippen LogP contribution in [0.1, 0.15) is 41.1 Å². The van der Waals surface area contributed by atoms with E-state index in [2.05, 4.69) is 15.2 Å². The first-order valence-corrected chi connectivity index (χ1v) is 10.0. The van der Waals surface area contributed by atoms with Gasteiger partial charge >= 0.3 is 0 Å². The van der Waals surface area contributed by atoms with Crippen LogP contribution in [0.3, 0.4) is 0 Å². The number of piperidine rings is 1. The van der Waals surface area contributed by atoms with Crippen LogP contribution in [0, 0.1) is 6.92 Å². The molecule has 0 bridgehead atoms. The molecule has 0 N–H and O–H groups in total. The van der Waals surface area contributed by atoms with Crippen molar-refractivity contribution in [3.8, 4) is 0 Å². The van der Waals surface area contributed by atoms with Gasteiger partial charge in [0.1, 0.15) is 17.3 Å². The maximum atomic E-state index is 13.1. The zero-order valence-corrected chi connectivity index (χ0v) is 16.7. The summed E-state index contributed by atoms with van der Waals surface area (Å²) in [5, 5.41) is 8.58. The van der Waals surface area contributed by atoms with E-state index in [0.29, 0.717) is 55.9 Å². The number of hydrogen-bond acceptors (Lipinski definition) is 6. The van der Waals surface area contributed by atoms with E-state index < -0.39 is 5.54 Å². The zero-order valence-electron chi connectivity index (χ0n) is 16.7. The van der Waals surface area contributed by atoms with Crippen LogP contribution in [0.25, 0.3) is 0 Å². The summed E-state index contributed by atoms with van der Waals surface area (Å²) >= 11 is 0. The molecular weight excluding hydrogens is 384 g/mol. The van der Waals surface area contributed by atoms with Crippen molar-refractivity contribution in [1.82, 2.24) is 24.8 Å². The Labute approximate surface area is 173 Å². The number of rotatable bonds is 3. The molecule has 3 aromatic rings. The largest absolute Gasteiger partial charge is 0.361 e. The third-order valence-corrected chi connectivity index (χ3v) is 6.04. The molecule has 0 aliphatic carbocycles. The number of carbonyl (C=O) groups is 2. The van der Waals surface area contributed by atoms with Gasteiger partial charge in [-0.2, -0.15) is 5.10 Å². The summed E-state index contributed by atoms with van der Waals surface area (Å²) in [5.41, 5.74) is 0.943. The van der Waals surface area contributed by atoms with E-state index >= 15 is 0 Å². The van der Waals surface area contributed by atoms with Gasteiger partial charge in [0.25, 0.3) is 5.91 Å². The van der Waals surface area contributed by atoms with Crippen LogP contribution in [0.4, 0.5) is 5.82 Å². The van der Waals surface area contributed by atoms with Crippen molar-refractivity contribution < 1.29 is 14.1 Å². The van der Waals surface area contributed by atoms with Gasteiger partial charge in [0.05, 0.1) is 24.7 Å². The van der Waals surface area contributed by atoms with Crippen molar-refractivity contribution in [2.45, 2.75) is 38.3 Å². The predicted octanol–water partition coefficient (Wildman–Crippen LogP) is 2.14. The molecule has 30 heavy (non-hydrogen) atoms. The van der Waals surface area contributed by atoms with Gasteiger partial charge in [-0.1, -0.05) is 5.16 Å². The van der Waals surface area contributed by atoms with Gasteiger partial charge in [0, 0.05) is 43.2 Å². The third-order valence-electron chi connectivity index (χ3n) is 6.04. The lowest BCUT2D eigenvalue weighted by molar-refractivity contribution is -0.123. The summed E-state index contributed by atoms with van der Waals surface area (Å²) < 4.78 is 7.11. The van der Waals surface area contributed by atoms with Gasteiger partial charge < -0.3 is 9.42 Å². The number of aryl methyl sites for hydroxylation is 1. The molecule has 2 aliphatic rings. The summed E-state index contributed by atoms with van der Waals surface area (Å²) in [5.74, 6) is 1.52. The number of pyridine rings is 1. The van der Waals surface area contributed by atoms with Crippen LogP contribution in [0.5, 0.6) is 0 Å². The highest BCUT2D eigenvalue weighted by Gasteiger charge is 2.46. The van der Waals surface area contributed by atoms with Crippen molar-refractivity contribution >= 4 is 17.6 Å². The number of likely N-dealkylation sites (tertiary alicyclic amines) is 1. The minimum atomic E-state index is -0.402. The quantitative estimate of drug-likeness (QED) is 0.661. The molecule has 1 saturated heterocycles. The number of aromatic nitrogens is 4. The van der Waals surface area contributed by atoms with Gasteiger partial charge in [0.2, 0.25) is 5.91 Å². The Hall–Kier alpha value is -3.49. The van der Waals surface area contributed by atoms with E-state index in [1.807, 2.05) is 28.6 Å². The number of amides is 2. The smallest absolute Gasteiger partial charge is 0.253 e. The van der Waals surface area contributed by atoms with Crippen molar-refractivity contribution in [1.29, 1.82) is 0 Å². The first kappa shape index (κ1) is 18.5. The van der Waals surface area contributed by atoms with Crippen molar-refractivity contribution in [2.75, 3.05) is 18.0 Å². The second-order valence-electron chi connectivity index (χ2n) is 7.94. The van der Waals surface area contributed by atoms with E-state index in [-0.39, 0.29) is 11.8 Å². The molecule has 154 valence electrons. The molecule has 0 aromatic carbocycles. The number of fused-ring (bicyclic) bond motifs is 2. The maximum absolute atomic E-state index is 13.1. The van der Waals surface area contributed by atoms with Gasteiger partial charge in [-0.05, 0) is 31.9 Å². The molecule has 9 nitrogen and oxygen atoms in total. The molecule has 0 unspecified atom stereocenters. The minimum Gasteiger partial charge on any atom is -0.361 e.